The summed E-state index contributed by atoms with van der Waals surface area (Å²) >= 11 is 1.87. The minimum Gasteiger partial charge on any atom is -0.456 e. The van der Waals surface area contributed by atoms with Gasteiger partial charge in [-0.3, -0.25) is 0 Å². The number of rotatable bonds is 11. The molecule has 134 heavy (non-hydrogen) atoms. The quantitative estimate of drug-likeness (QED) is 0.125. The Hall–Kier alpha value is -17.2. The highest BCUT2D eigenvalue weighted by Gasteiger charge is 2.54. The number of para-hydroxylation sites is 4. The predicted octanol–water partition coefficient (Wildman–Crippen LogP) is 32.4. The van der Waals surface area contributed by atoms with Crippen molar-refractivity contribution in [2.24, 2.45) is 0 Å². The number of fused-ring (bicyclic) bond motifs is 28. The molecule has 6 heterocycles. The van der Waals surface area contributed by atoms with Crippen LogP contribution in [0, 0.1) is 0 Å². The average molecular weight is 1730 g/mol. The van der Waals surface area contributed by atoms with E-state index in [-0.39, 0.29) is 0 Å². The van der Waals surface area contributed by atoms with Crippen molar-refractivity contribution in [2.45, 2.75) is 20.6 Å². The predicted molar refractivity (Wildman–Crippen MR) is 544 cm³/mol. The van der Waals surface area contributed by atoms with Gasteiger partial charge in [0.2, 0.25) is 0 Å². The Balaban J connectivity index is 0.537. The first-order valence-corrected chi connectivity index (χ1v) is 46.4. The van der Waals surface area contributed by atoms with E-state index >= 15 is 0 Å². The lowest BCUT2D eigenvalue weighted by Gasteiger charge is -2.40. The Morgan fingerprint density at radius 3 is 1.41 bits per heavy atom. The van der Waals surface area contributed by atoms with E-state index in [1.807, 2.05) is 48.2 Å². The van der Waals surface area contributed by atoms with Crippen LogP contribution in [0.3, 0.4) is 0 Å². The normalized spacial score (nSPS) is 14.7. The summed E-state index contributed by atoms with van der Waals surface area (Å²) in [5, 5.41) is 8.87. The van der Waals surface area contributed by atoms with Crippen molar-refractivity contribution in [2.75, 3.05) is 0 Å². The SMILES string of the molecule is c1ccc(-c2cc(-c3nc(-c4ccccc4)nc(-c4ccc5c(c4)C4(c6ccccc6Sc6c4ccc4ccccc64)c4cc(-c6ccc7c(c6)oc6c(-c8ccc(-c9cc(-c%10ccccc%10)nc(-c%10ccc(-c%11cccc%12c%11C%11(c%13ccccc%13Oc%13c%11ccc%11ccccc%13%11)c%11ccccc%11-%12)cc%10)n9)cc8)cccc67)ccc4-5)n3)cc(-c3cccc4c3oc3ccccc34)c2)cc1. The van der Waals surface area contributed by atoms with Gasteiger partial charge in [-0.1, -0.05) is 388 Å². The highest BCUT2D eigenvalue weighted by atomic mass is 32.2. The lowest BCUT2D eigenvalue weighted by molar-refractivity contribution is 0.442. The van der Waals surface area contributed by atoms with Gasteiger partial charge in [0.25, 0.3) is 0 Å². The third-order valence-electron chi connectivity index (χ3n) is 28.3. The van der Waals surface area contributed by atoms with Crippen LogP contribution >= 0.6 is 11.8 Å². The van der Waals surface area contributed by atoms with Crippen LogP contribution in [-0.2, 0) is 10.8 Å². The van der Waals surface area contributed by atoms with Gasteiger partial charge in [0.1, 0.15) is 33.8 Å². The molecule has 24 aromatic rings. The maximum absolute atomic E-state index is 7.23. The average Bonchev–Trinajstić information content (AvgIpc) is 1.46. The van der Waals surface area contributed by atoms with Crippen molar-refractivity contribution in [3.8, 4) is 157 Å². The maximum atomic E-state index is 7.23. The van der Waals surface area contributed by atoms with Gasteiger partial charge < -0.3 is 13.6 Å². The molecule has 0 N–H and O–H groups in total. The molecule has 2 atom stereocenters. The second-order valence-corrected chi connectivity index (χ2v) is 36.5. The van der Waals surface area contributed by atoms with Crippen LogP contribution in [0.5, 0.6) is 11.5 Å². The number of ether oxygens (including phenoxy) is 1. The summed E-state index contributed by atoms with van der Waals surface area (Å²) in [7, 11) is 0. The number of hydrogen-bond donors (Lipinski definition) is 0. The maximum Gasteiger partial charge on any atom is 0.164 e. The molecule has 0 saturated carbocycles. The summed E-state index contributed by atoms with van der Waals surface area (Å²) in [6.45, 7) is 0. The van der Waals surface area contributed by atoms with Crippen molar-refractivity contribution in [3.05, 3.63) is 487 Å². The van der Waals surface area contributed by atoms with Crippen LogP contribution in [0.25, 0.3) is 211 Å². The standard InChI is InChI=1S/C125H73N5O3S/c1-4-25-74(26-5-1)86-67-87(92-39-24-41-100-97-36-15-19-46-111(97)131-117(92)100)69-88(68-86)123-129-121(81-31-8-3-9-32-81)128-122(130-123)85-59-63-96-95-62-57-83(70-107(95)124(108(96)71-85)104-45-18-21-48-114(104)134-119-93-34-13-11-28-76(93)61-66-106(119)124)84-58-64-98-101-42-23-38-90(116(101)133-113(98)72-84)78-49-53-80(54-50-78)110-73-109(79-29-6-2-7-30-79)126-120(127-110)82-55-51-77(52-56-82)89-37-22-40-99-94-35-14-16-43-102(94)125(115(89)99)103-44-17-20-47-112(103)132-118-91-33-12-10-27-75(91)60-65-105(118)125/h1-73H. The highest BCUT2D eigenvalue weighted by Crippen LogP contribution is 2.67. The van der Waals surface area contributed by atoms with Crippen molar-refractivity contribution >= 4 is 77.2 Å². The zero-order valence-corrected chi connectivity index (χ0v) is 72.8. The zero-order chi connectivity index (χ0) is 87.9. The van der Waals surface area contributed by atoms with Gasteiger partial charge in [-0.05, 0) is 183 Å². The minimum absolute atomic E-state index is 0.555. The lowest BCUT2D eigenvalue weighted by atomic mass is 9.64. The van der Waals surface area contributed by atoms with E-state index in [4.69, 9.17) is 38.5 Å². The molecule has 4 aromatic heterocycles. The third-order valence-corrected chi connectivity index (χ3v) is 29.5. The smallest absolute Gasteiger partial charge is 0.164 e. The monoisotopic (exact) mass is 1720 g/mol. The van der Waals surface area contributed by atoms with E-state index in [9.17, 15) is 0 Å². The van der Waals surface area contributed by atoms with Crippen LogP contribution in [0.4, 0.5) is 0 Å². The molecule has 28 rings (SSSR count). The lowest BCUT2D eigenvalue weighted by Crippen LogP contribution is -2.32. The van der Waals surface area contributed by atoms with Gasteiger partial charge in [-0.2, -0.15) is 0 Å². The molecule has 2 spiro atoms. The molecule has 0 radical (unpaired) electrons. The van der Waals surface area contributed by atoms with E-state index in [1.165, 1.54) is 65.1 Å². The van der Waals surface area contributed by atoms with Crippen LogP contribution in [0.15, 0.2) is 461 Å². The number of furan rings is 2. The Kier molecular flexibility index (Phi) is 16.8. The molecule has 9 heteroatoms. The first-order valence-electron chi connectivity index (χ1n) is 45.5. The zero-order valence-electron chi connectivity index (χ0n) is 72.0. The molecule has 2 aliphatic heterocycles. The second-order valence-electron chi connectivity index (χ2n) is 35.4. The van der Waals surface area contributed by atoms with Crippen LogP contribution < -0.4 is 4.74 Å². The number of nitrogens with zero attached hydrogens (tertiary/aromatic N) is 5. The van der Waals surface area contributed by atoms with Crippen LogP contribution in [0.2, 0.25) is 0 Å². The molecular formula is C125H73N5O3S. The van der Waals surface area contributed by atoms with E-state index in [1.54, 1.807) is 0 Å². The minimum atomic E-state index is -0.803. The molecular weight excluding hydrogens is 1650 g/mol. The molecule has 622 valence electrons. The first-order chi connectivity index (χ1) is 66.4. The summed E-state index contributed by atoms with van der Waals surface area (Å²) in [4.78, 5) is 29.8. The molecule has 2 aliphatic carbocycles. The molecule has 0 saturated heterocycles. The van der Waals surface area contributed by atoms with Gasteiger partial charge in [0.05, 0.1) is 22.2 Å². The first kappa shape index (κ1) is 75.7. The Morgan fingerprint density at radius 1 is 0.209 bits per heavy atom. The molecule has 0 bridgehead atoms. The summed E-state index contributed by atoms with van der Waals surface area (Å²) in [6.07, 6.45) is 0. The van der Waals surface area contributed by atoms with Crippen molar-refractivity contribution in [1.29, 1.82) is 0 Å². The summed E-state index contributed by atoms with van der Waals surface area (Å²) < 4.78 is 21.0. The van der Waals surface area contributed by atoms with Crippen LogP contribution in [-0.4, -0.2) is 24.9 Å². The number of hydrogen-bond acceptors (Lipinski definition) is 9. The molecule has 20 aromatic carbocycles. The van der Waals surface area contributed by atoms with E-state index in [0.717, 1.165) is 189 Å². The molecule has 2 unspecified atom stereocenters. The van der Waals surface area contributed by atoms with Gasteiger partial charge in [-0.25, -0.2) is 24.9 Å². The van der Waals surface area contributed by atoms with Crippen molar-refractivity contribution < 1.29 is 13.6 Å². The van der Waals surface area contributed by atoms with E-state index in [0.29, 0.717) is 23.3 Å². The third kappa shape index (κ3) is 11.5. The summed E-state index contributed by atoms with van der Waals surface area (Å²) in [5.74, 6) is 4.09. The molecule has 4 aliphatic rings. The van der Waals surface area contributed by atoms with Gasteiger partial charge in [0.15, 0.2) is 23.3 Å². The van der Waals surface area contributed by atoms with Crippen LogP contribution in [0.1, 0.15) is 44.5 Å². The second kappa shape index (κ2) is 29.6. The fourth-order valence-electron chi connectivity index (χ4n) is 22.3. The molecule has 0 amide bonds. The Bertz CT molecular complexity index is 9080. The summed E-state index contributed by atoms with van der Waals surface area (Å²) in [6, 6.07) is 160. The fraction of sp³-hybridized carbons (Fsp3) is 0.0160. The number of aromatic nitrogens is 5. The largest absolute Gasteiger partial charge is 0.456 e. The topological polar surface area (TPSA) is 100.0 Å². The van der Waals surface area contributed by atoms with Crippen molar-refractivity contribution in [3.63, 3.8) is 0 Å². The number of benzene rings is 20. The molecule has 0 fully saturated rings. The molecule has 8 nitrogen and oxygen atoms in total. The Morgan fingerprint density at radius 2 is 0.664 bits per heavy atom. The summed E-state index contributed by atoms with van der Waals surface area (Å²) in [5.41, 5.74) is 33.8. The van der Waals surface area contributed by atoms with Gasteiger partial charge in [-0.15, -0.1) is 0 Å². The fourth-order valence-corrected chi connectivity index (χ4v) is 23.6. The van der Waals surface area contributed by atoms with Gasteiger partial charge >= 0.3 is 0 Å². The van der Waals surface area contributed by atoms with E-state index < -0.39 is 10.8 Å². The van der Waals surface area contributed by atoms with Gasteiger partial charge in [0, 0.05) is 92.4 Å². The van der Waals surface area contributed by atoms with Crippen molar-refractivity contribution in [1.82, 2.24) is 24.9 Å². The highest BCUT2D eigenvalue weighted by molar-refractivity contribution is 7.99. The Labute approximate surface area is 775 Å². The van der Waals surface area contributed by atoms with E-state index in [2.05, 4.69) is 406 Å².